The molecule has 0 bridgehead atoms. The molecule has 1 aliphatic heterocycles. The second-order valence-corrected chi connectivity index (χ2v) is 8.36. The Balaban J connectivity index is 1.32. The van der Waals surface area contributed by atoms with E-state index in [2.05, 4.69) is 25.5 Å². The number of hydrogen-bond donors (Lipinski definition) is 2. The second-order valence-electron chi connectivity index (χ2n) is 8.36. The number of aromatic nitrogens is 6. The van der Waals surface area contributed by atoms with Gasteiger partial charge in [0.25, 0.3) is 17.5 Å². The summed E-state index contributed by atoms with van der Waals surface area (Å²) >= 11 is 0. The van der Waals surface area contributed by atoms with E-state index in [1.54, 1.807) is 9.42 Å². The highest BCUT2D eigenvalue weighted by Gasteiger charge is 2.36. The van der Waals surface area contributed by atoms with Gasteiger partial charge in [-0.1, -0.05) is 0 Å². The van der Waals surface area contributed by atoms with Crippen LogP contribution in [0.2, 0.25) is 0 Å². The molecule has 5 heterocycles. The molecule has 0 radical (unpaired) electrons. The maximum Gasteiger partial charge on any atom is 0.283 e. The van der Waals surface area contributed by atoms with Crippen molar-refractivity contribution in [1.29, 1.82) is 0 Å². The van der Waals surface area contributed by atoms with Crippen LogP contribution in [0.3, 0.4) is 0 Å². The van der Waals surface area contributed by atoms with Gasteiger partial charge in [0.1, 0.15) is 6.04 Å². The first kappa shape index (κ1) is 18.9. The minimum Gasteiger partial charge on any atom is -0.325 e. The van der Waals surface area contributed by atoms with Crippen molar-refractivity contribution in [3.8, 4) is 0 Å². The Morgan fingerprint density at radius 1 is 1.25 bits per heavy atom. The fraction of sp³-hybridized carbons (Fsp3) is 0.318. The number of halogens is 1. The summed E-state index contributed by atoms with van der Waals surface area (Å²) < 4.78 is 15.0. The lowest BCUT2D eigenvalue weighted by molar-refractivity contribution is -0.384. The van der Waals surface area contributed by atoms with Crippen LogP contribution in [-0.2, 0) is 0 Å². The van der Waals surface area contributed by atoms with E-state index in [4.69, 9.17) is 5.10 Å². The number of carbonyl (C=O) groups is 1. The molecule has 4 aromatic rings. The molecule has 0 unspecified atom stereocenters. The number of pyridine rings is 1. The molecule has 0 aromatic carbocycles. The number of likely N-dealkylation sites (tertiary alicyclic amines) is 1. The molecule has 1 aliphatic carbocycles. The molecule has 2 aliphatic rings. The van der Waals surface area contributed by atoms with E-state index in [-0.39, 0.29) is 11.9 Å². The SMILES string of the molecule is O=C(c1ccc(F)nc1)N1CCC[C@H]1c1nn2cccc2c(Nc2cc(C3CC3)[nH]n2)[nH+]1. The van der Waals surface area contributed by atoms with Gasteiger partial charge >= 0.3 is 0 Å². The molecule has 6 rings (SSSR count). The molecule has 10 heteroatoms. The van der Waals surface area contributed by atoms with Gasteiger partial charge in [-0.15, -0.1) is 5.10 Å². The average molecular weight is 433 g/mol. The fourth-order valence-corrected chi connectivity index (χ4v) is 4.33. The Morgan fingerprint density at radius 2 is 2.16 bits per heavy atom. The van der Waals surface area contributed by atoms with Crippen LogP contribution in [0.4, 0.5) is 16.0 Å². The van der Waals surface area contributed by atoms with Crippen LogP contribution < -0.4 is 10.3 Å². The molecule has 1 saturated carbocycles. The molecule has 162 valence electrons. The summed E-state index contributed by atoms with van der Waals surface area (Å²) in [6.07, 6.45) is 7.20. The summed E-state index contributed by atoms with van der Waals surface area (Å²) in [6, 6.07) is 8.38. The quantitative estimate of drug-likeness (QED) is 0.471. The Bertz CT molecular complexity index is 1290. The molecule has 1 saturated heterocycles. The van der Waals surface area contributed by atoms with Crippen molar-refractivity contribution in [3.05, 3.63) is 65.8 Å². The van der Waals surface area contributed by atoms with Gasteiger partial charge in [-0.05, 0) is 55.0 Å². The van der Waals surface area contributed by atoms with Crippen LogP contribution in [-0.4, -0.2) is 42.1 Å². The first-order valence-electron chi connectivity index (χ1n) is 10.8. The van der Waals surface area contributed by atoms with E-state index in [1.165, 1.54) is 31.2 Å². The highest BCUT2D eigenvalue weighted by Crippen LogP contribution is 2.39. The van der Waals surface area contributed by atoms with E-state index in [0.717, 1.165) is 35.7 Å². The van der Waals surface area contributed by atoms with Crippen molar-refractivity contribution in [3.63, 3.8) is 0 Å². The lowest BCUT2D eigenvalue weighted by Gasteiger charge is -2.22. The molecule has 9 nitrogen and oxygen atoms in total. The third kappa shape index (κ3) is 3.37. The zero-order valence-corrected chi connectivity index (χ0v) is 17.3. The first-order chi connectivity index (χ1) is 15.7. The smallest absolute Gasteiger partial charge is 0.283 e. The van der Waals surface area contributed by atoms with E-state index in [1.807, 2.05) is 24.4 Å². The lowest BCUT2D eigenvalue weighted by Crippen LogP contribution is -2.35. The lowest BCUT2D eigenvalue weighted by atomic mass is 10.2. The van der Waals surface area contributed by atoms with Crippen LogP contribution in [0.1, 0.15) is 59.5 Å². The van der Waals surface area contributed by atoms with Gasteiger partial charge in [-0.25, -0.2) is 9.97 Å². The Morgan fingerprint density at radius 3 is 2.97 bits per heavy atom. The fourth-order valence-electron chi connectivity index (χ4n) is 4.33. The van der Waals surface area contributed by atoms with Crippen LogP contribution >= 0.6 is 0 Å². The molecule has 4 aromatic heterocycles. The number of H-pyrrole nitrogens is 2. The van der Waals surface area contributed by atoms with Crippen LogP contribution in [0.25, 0.3) is 5.52 Å². The highest BCUT2D eigenvalue weighted by molar-refractivity contribution is 5.94. The van der Waals surface area contributed by atoms with Crippen molar-refractivity contribution in [2.45, 2.75) is 37.6 Å². The molecule has 0 spiro atoms. The van der Waals surface area contributed by atoms with Crippen LogP contribution in [0.15, 0.2) is 42.7 Å². The van der Waals surface area contributed by atoms with E-state index >= 15 is 0 Å². The summed E-state index contributed by atoms with van der Waals surface area (Å²) in [7, 11) is 0. The van der Waals surface area contributed by atoms with Gasteiger partial charge in [0.2, 0.25) is 11.8 Å². The minimum atomic E-state index is -0.605. The van der Waals surface area contributed by atoms with Gasteiger partial charge in [0.05, 0.1) is 5.56 Å². The molecule has 3 N–H and O–H groups in total. The van der Waals surface area contributed by atoms with Gasteiger partial charge in [-0.2, -0.15) is 8.91 Å². The van der Waals surface area contributed by atoms with Gasteiger partial charge in [-0.3, -0.25) is 15.2 Å². The summed E-state index contributed by atoms with van der Waals surface area (Å²) in [5.74, 6) is 1.97. The number of rotatable bonds is 5. The second kappa shape index (κ2) is 7.40. The van der Waals surface area contributed by atoms with Crippen molar-refractivity contribution in [2.24, 2.45) is 0 Å². The summed E-state index contributed by atoms with van der Waals surface area (Å²) in [4.78, 5) is 21.9. The summed E-state index contributed by atoms with van der Waals surface area (Å²) in [5.41, 5.74) is 2.39. The van der Waals surface area contributed by atoms with E-state index < -0.39 is 5.95 Å². The molecular formula is C22H22FN8O+. The third-order valence-electron chi connectivity index (χ3n) is 6.12. The molecule has 32 heavy (non-hydrogen) atoms. The maximum atomic E-state index is 13.2. The maximum absolute atomic E-state index is 13.2. The number of fused-ring (bicyclic) bond motifs is 1. The minimum absolute atomic E-state index is 0.182. The average Bonchev–Trinajstić information content (AvgIpc) is 3.20. The number of nitrogens with zero attached hydrogens (tertiary/aromatic N) is 5. The third-order valence-corrected chi connectivity index (χ3v) is 6.12. The van der Waals surface area contributed by atoms with Crippen molar-refractivity contribution >= 4 is 23.1 Å². The van der Waals surface area contributed by atoms with Gasteiger partial charge < -0.3 is 4.90 Å². The summed E-state index contributed by atoms with van der Waals surface area (Å²) in [5, 5.41) is 15.6. The van der Waals surface area contributed by atoms with Gasteiger partial charge in [0.15, 0.2) is 5.52 Å². The summed E-state index contributed by atoms with van der Waals surface area (Å²) in [6.45, 7) is 0.604. The van der Waals surface area contributed by atoms with Crippen molar-refractivity contribution in [2.75, 3.05) is 11.9 Å². The monoisotopic (exact) mass is 433 g/mol. The molecule has 1 amide bonds. The van der Waals surface area contributed by atoms with Crippen LogP contribution in [0.5, 0.6) is 0 Å². The number of amides is 1. The zero-order chi connectivity index (χ0) is 21.7. The van der Waals surface area contributed by atoms with E-state index in [9.17, 15) is 9.18 Å². The molecular weight excluding hydrogens is 411 g/mol. The number of carbonyl (C=O) groups excluding carboxylic acids is 1. The predicted octanol–water partition coefficient (Wildman–Crippen LogP) is 3.00. The zero-order valence-electron chi connectivity index (χ0n) is 17.3. The number of nitrogens with one attached hydrogen (secondary N) is 3. The number of hydrogen-bond acceptors (Lipinski definition) is 5. The highest BCUT2D eigenvalue weighted by atomic mass is 19.1. The standard InChI is InChI=1S/C22H21FN8O/c23-18-8-7-14(12-24-18)22(32)30-9-1-3-16(30)21-26-20(17-4-2-10-31(17)29-21)25-19-11-15(27-28-19)13-5-6-13/h2,4,7-8,10-13,16H,1,3,5-6,9H2,(H2,25,26,27,28,29)/p+1/t16-/m0/s1. The molecule has 1 atom stereocenters. The Kier molecular flexibility index (Phi) is 4.37. The van der Waals surface area contributed by atoms with Gasteiger partial charge in [0, 0.05) is 36.6 Å². The largest absolute Gasteiger partial charge is 0.325 e. The Hall–Kier alpha value is -3.82. The van der Waals surface area contributed by atoms with Crippen LogP contribution in [0, 0.1) is 5.95 Å². The normalized spacial score (nSPS) is 18.4. The first-order valence-corrected chi connectivity index (χ1v) is 10.8. The van der Waals surface area contributed by atoms with Crippen molar-refractivity contribution < 1.29 is 14.2 Å². The Labute approximate surface area is 182 Å². The van der Waals surface area contributed by atoms with E-state index in [0.29, 0.717) is 23.9 Å². The predicted molar refractivity (Wildman–Crippen MR) is 113 cm³/mol. The number of aromatic amines is 2. The topological polar surface area (TPSA) is 105 Å². The van der Waals surface area contributed by atoms with Crippen molar-refractivity contribution in [1.82, 2.24) is 29.7 Å². The molecule has 2 fully saturated rings. The number of anilines is 2.